The maximum Gasteiger partial charge on any atom is 0.163 e. The smallest absolute Gasteiger partial charge is 0.163 e. The van der Waals surface area contributed by atoms with Crippen LogP contribution < -0.4 is 20.5 Å². The van der Waals surface area contributed by atoms with E-state index in [1.54, 1.807) is 0 Å². The number of nitrogens with one attached hydrogen (secondary N) is 1. The normalized spacial score (nSPS) is 15.4. The van der Waals surface area contributed by atoms with Gasteiger partial charge >= 0.3 is 0 Å². The SMILES string of the molecule is CC(N)CCCNc1ccc2c(c1)OCCO2. The maximum atomic E-state index is 5.70. The van der Waals surface area contributed by atoms with Crippen molar-refractivity contribution in [3.05, 3.63) is 18.2 Å². The molecular weight excluding hydrogens is 216 g/mol. The molecule has 0 aliphatic carbocycles. The molecule has 1 aromatic rings. The largest absolute Gasteiger partial charge is 0.486 e. The summed E-state index contributed by atoms with van der Waals surface area (Å²) < 4.78 is 11.0. The van der Waals surface area contributed by atoms with E-state index in [4.69, 9.17) is 15.2 Å². The molecule has 17 heavy (non-hydrogen) atoms. The molecule has 0 radical (unpaired) electrons. The Morgan fingerprint density at radius 1 is 1.29 bits per heavy atom. The Labute approximate surface area is 102 Å². The number of fused-ring (bicyclic) bond motifs is 1. The summed E-state index contributed by atoms with van der Waals surface area (Å²) in [6.07, 6.45) is 2.11. The summed E-state index contributed by atoms with van der Waals surface area (Å²) in [5.41, 5.74) is 6.77. The minimum atomic E-state index is 0.275. The first-order valence-corrected chi connectivity index (χ1v) is 6.15. The van der Waals surface area contributed by atoms with E-state index < -0.39 is 0 Å². The van der Waals surface area contributed by atoms with Crippen LogP contribution >= 0.6 is 0 Å². The third kappa shape index (κ3) is 3.53. The Balaban J connectivity index is 1.85. The molecule has 0 bridgehead atoms. The van der Waals surface area contributed by atoms with Gasteiger partial charge in [0.2, 0.25) is 0 Å². The van der Waals surface area contributed by atoms with E-state index in [9.17, 15) is 0 Å². The van der Waals surface area contributed by atoms with Gasteiger partial charge in [0.05, 0.1) is 0 Å². The first-order chi connectivity index (χ1) is 8.25. The zero-order valence-electron chi connectivity index (χ0n) is 10.2. The summed E-state index contributed by atoms with van der Waals surface area (Å²) in [6, 6.07) is 6.22. The van der Waals surface area contributed by atoms with Crippen molar-refractivity contribution in [3.63, 3.8) is 0 Å². The molecule has 0 saturated carbocycles. The highest BCUT2D eigenvalue weighted by Gasteiger charge is 2.11. The molecule has 0 fully saturated rings. The molecule has 4 heteroatoms. The Morgan fingerprint density at radius 3 is 2.82 bits per heavy atom. The van der Waals surface area contributed by atoms with Gasteiger partial charge in [-0.3, -0.25) is 0 Å². The molecule has 94 valence electrons. The number of rotatable bonds is 5. The number of ether oxygens (including phenoxy) is 2. The Hall–Kier alpha value is -1.42. The van der Waals surface area contributed by atoms with Crippen molar-refractivity contribution in [3.8, 4) is 11.5 Å². The minimum absolute atomic E-state index is 0.275. The van der Waals surface area contributed by atoms with Crippen LogP contribution in [0.5, 0.6) is 11.5 Å². The quantitative estimate of drug-likeness (QED) is 0.768. The van der Waals surface area contributed by atoms with Gasteiger partial charge in [-0.25, -0.2) is 0 Å². The van der Waals surface area contributed by atoms with Crippen LogP contribution in [0, 0.1) is 0 Å². The second-order valence-electron chi connectivity index (χ2n) is 4.40. The summed E-state index contributed by atoms with van der Waals surface area (Å²) in [5, 5.41) is 3.36. The maximum absolute atomic E-state index is 5.70. The van der Waals surface area contributed by atoms with Crippen LogP contribution in [-0.4, -0.2) is 25.8 Å². The molecule has 0 aromatic heterocycles. The monoisotopic (exact) mass is 236 g/mol. The van der Waals surface area contributed by atoms with Gasteiger partial charge < -0.3 is 20.5 Å². The second-order valence-corrected chi connectivity index (χ2v) is 4.40. The number of hydrogen-bond donors (Lipinski definition) is 2. The molecule has 3 N–H and O–H groups in total. The highest BCUT2D eigenvalue weighted by molar-refractivity contribution is 5.55. The zero-order chi connectivity index (χ0) is 12.1. The molecule has 0 amide bonds. The number of anilines is 1. The predicted octanol–water partition coefficient (Wildman–Crippen LogP) is 2.00. The molecule has 1 unspecified atom stereocenters. The fourth-order valence-corrected chi connectivity index (χ4v) is 1.81. The van der Waals surface area contributed by atoms with Gasteiger partial charge in [0.15, 0.2) is 11.5 Å². The molecule has 1 aromatic carbocycles. The Kier molecular flexibility index (Phi) is 4.09. The van der Waals surface area contributed by atoms with Crippen molar-refractivity contribution >= 4 is 5.69 Å². The van der Waals surface area contributed by atoms with Gasteiger partial charge in [-0.1, -0.05) is 0 Å². The molecule has 0 saturated heterocycles. The number of hydrogen-bond acceptors (Lipinski definition) is 4. The van der Waals surface area contributed by atoms with Crippen LogP contribution in [0.25, 0.3) is 0 Å². The van der Waals surface area contributed by atoms with Gasteiger partial charge in [0.1, 0.15) is 13.2 Å². The average molecular weight is 236 g/mol. The third-order valence-corrected chi connectivity index (χ3v) is 2.71. The fraction of sp³-hybridized carbons (Fsp3) is 0.538. The first-order valence-electron chi connectivity index (χ1n) is 6.15. The van der Waals surface area contributed by atoms with Crippen molar-refractivity contribution in [2.24, 2.45) is 5.73 Å². The highest BCUT2D eigenvalue weighted by atomic mass is 16.6. The molecule has 4 nitrogen and oxygen atoms in total. The lowest BCUT2D eigenvalue weighted by molar-refractivity contribution is 0.171. The lowest BCUT2D eigenvalue weighted by atomic mass is 10.2. The van der Waals surface area contributed by atoms with E-state index in [1.807, 2.05) is 25.1 Å². The van der Waals surface area contributed by atoms with Crippen molar-refractivity contribution in [2.45, 2.75) is 25.8 Å². The van der Waals surface area contributed by atoms with Crippen molar-refractivity contribution in [1.82, 2.24) is 0 Å². The highest BCUT2D eigenvalue weighted by Crippen LogP contribution is 2.32. The van der Waals surface area contributed by atoms with Gasteiger partial charge in [-0.2, -0.15) is 0 Å². The lowest BCUT2D eigenvalue weighted by Crippen LogP contribution is -2.17. The second kappa shape index (κ2) is 5.77. The molecule has 1 atom stereocenters. The van der Waals surface area contributed by atoms with Crippen LogP contribution in [0.4, 0.5) is 5.69 Å². The van der Waals surface area contributed by atoms with Gasteiger partial charge in [-0.05, 0) is 31.9 Å². The summed E-state index contributed by atoms with van der Waals surface area (Å²) >= 11 is 0. The molecule has 1 aliphatic heterocycles. The van der Waals surface area contributed by atoms with Gasteiger partial charge in [0.25, 0.3) is 0 Å². The molecular formula is C13H20N2O2. The topological polar surface area (TPSA) is 56.5 Å². The predicted molar refractivity (Wildman–Crippen MR) is 68.8 cm³/mol. The van der Waals surface area contributed by atoms with Crippen LogP contribution in [0.1, 0.15) is 19.8 Å². The van der Waals surface area contributed by atoms with Crippen molar-refractivity contribution < 1.29 is 9.47 Å². The Morgan fingerprint density at radius 2 is 2.06 bits per heavy atom. The van der Waals surface area contributed by atoms with E-state index in [0.29, 0.717) is 13.2 Å². The summed E-state index contributed by atoms with van der Waals surface area (Å²) in [4.78, 5) is 0. The summed E-state index contributed by atoms with van der Waals surface area (Å²) in [6.45, 7) is 4.22. The fourth-order valence-electron chi connectivity index (χ4n) is 1.81. The summed E-state index contributed by atoms with van der Waals surface area (Å²) in [5.74, 6) is 1.66. The lowest BCUT2D eigenvalue weighted by Gasteiger charge is -2.19. The van der Waals surface area contributed by atoms with Gasteiger partial charge in [0, 0.05) is 24.3 Å². The van der Waals surface area contributed by atoms with E-state index >= 15 is 0 Å². The van der Waals surface area contributed by atoms with E-state index in [-0.39, 0.29) is 6.04 Å². The first kappa shape index (κ1) is 12.0. The van der Waals surface area contributed by atoms with Crippen LogP contribution in [-0.2, 0) is 0 Å². The number of nitrogens with two attached hydrogens (primary N) is 1. The van der Waals surface area contributed by atoms with E-state index in [1.165, 1.54) is 0 Å². The summed E-state index contributed by atoms with van der Waals surface area (Å²) in [7, 11) is 0. The van der Waals surface area contributed by atoms with Crippen molar-refractivity contribution in [1.29, 1.82) is 0 Å². The van der Waals surface area contributed by atoms with E-state index in [0.717, 1.165) is 36.6 Å². The van der Waals surface area contributed by atoms with E-state index in [2.05, 4.69) is 5.32 Å². The average Bonchev–Trinajstić information content (AvgIpc) is 2.34. The molecule has 1 heterocycles. The molecule has 0 spiro atoms. The number of benzene rings is 1. The van der Waals surface area contributed by atoms with Crippen LogP contribution in [0.2, 0.25) is 0 Å². The van der Waals surface area contributed by atoms with Crippen LogP contribution in [0.15, 0.2) is 18.2 Å². The molecule has 2 rings (SSSR count). The Bertz CT molecular complexity index is 366. The van der Waals surface area contributed by atoms with Gasteiger partial charge in [-0.15, -0.1) is 0 Å². The van der Waals surface area contributed by atoms with Crippen LogP contribution in [0.3, 0.4) is 0 Å². The molecule has 1 aliphatic rings. The van der Waals surface area contributed by atoms with Crippen molar-refractivity contribution in [2.75, 3.05) is 25.1 Å². The zero-order valence-corrected chi connectivity index (χ0v) is 10.2. The minimum Gasteiger partial charge on any atom is -0.486 e. The standard InChI is InChI=1S/C13H20N2O2/c1-10(14)3-2-6-15-11-4-5-12-13(9-11)17-8-7-16-12/h4-5,9-10,15H,2-3,6-8,14H2,1H3. The third-order valence-electron chi connectivity index (χ3n) is 2.71.